The Bertz CT molecular complexity index is 1280. The summed E-state index contributed by atoms with van der Waals surface area (Å²) in [5, 5.41) is 0. The van der Waals surface area contributed by atoms with Gasteiger partial charge in [0.15, 0.2) is 0 Å². The van der Waals surface area contributed by atoms with Gasteiger partial charge in [-0.15, -0.1) is 0 Å². The number of morpholine rings is 1. The van der Waals surface area contributed by atoms with Crippen LogP contribution >= 0.6 is 0 Å². The third kappa shape index (κ3) is 5.04. The van der Waals surface area contributed by atoms with E-state index in [9.17, 15) is 16.8 Å². The Morgan fingerprint density at radius 3 is 1.78 bits per heavy atom. The lowest BCUT2D eigenvalue weighted by atomic mass is 10.2. The predicted octanol–water partition coefficient (Wildman–Crippen LogP) is 3.12. The highest BCUT2D eigenvalue weighted by Gasteiger charge is 2.22. The summed E-state index contributed by atoms with van der Waals surface area (Å²) >= 11 is 0. The van der Waals surface area contributed by atoms with Crippen LogP contribution in [0.5, 0.6) is 0 Å². The maximum absolute atomic E-state index is 12.9. The topological polar surface area (TPSA) is 105 Å². The molecule has 0 amide bonds. The van der Waals surface area contributed by atoms with Crippen molar-refractivity contribution in [3.8, 4) is 0 Å². The highest BCUT2D eigenvalue weighted by atomic mass is 32.2. The van der Waals surface area contributed by atoms with Gasteiger partial charge in [0.2, 0.25) is 0 Å². The van der Waals surface area contributed by atoms with E-state index in [1.807, 2.05) is 4.90 Å². The Hall–Kier alpha value is -3.08. The van der Waals surface area contributed by atoms with E-state index < -0.39 is 20.0 Å². The molecule has 32 heavy (non-hydrogen) atoms. The van der Waals surface area contributed by atoms with Crippen molar-refractivity contribution >= 4 is 37.1 Å². The van der Waals surface area contributed by atoms with Crippen molar-refractivity contribution in [2.45, 2.75) is 9.79 Å². The Morgan fingerprint density at radius 1 is 0.688 bits per heavy atom. The molecular weight excluding hydrogens is 450 g/mol. The van der Waals surface area contributed by atoms with Gasteiger partial charge in [-0.1, -0.05) is 36.4 Å². The number of anilines is 3. The van der Waals surface area contributed by atoms with E-state index in [2.05, 4.69) is 9.44 Å². The van der Waals surface area contributed by atoms with Crippen molar-refractivity contribution in [3.63, 3.8) is 0 Å². The molecule has 1 saturated heterocycles. The minimum atomic E-state index is -3.81. The van der Waals surface area contributed by atoms with Crippen LogP contribution in [0.25, 0.3) is 0 Å². The first-order valence-electron chi connectivity index (χ1n) is 9.98. The molecule has 1 fully saturated rings. The summed E-state index contributed by atoms with van der Waals surface area (Å²) < 4.78 is 61.8. The summed E-state index contributed by atoms with van der Waals surface area (Å²) in [7, 11) is -7.60. The van der Waals surface area contributed by atoms with Crippen LogP contribution < -0.4 is 14.3 Å². The van der Waals surface area contributed by atoms with Gasteiger partial charge in [0.05, 0.1) is 40.1 Å². The first-order chi connectivity index (χ1) is 15.4. The van der Waals surface area contributed by atoms with Crippen LogP contribution in [0.4, 0.5) is 17.1 Å². The second kappa shape index (κ2) is 9.19. The summed E-state index contributed by atoms with van der Waals surface area (Å²) in [6.45, 7) is 2.08. The van der Waals surface area contributed by atoms with Gasteiger partial charge >= 0.3 is 0 Å². The van der Waals surface area contributed by atoms with Crippen LogP contribution in [-0.4, -0.2) is 43.1 Å². The van der Waals surface area contributed by atoms with Crippen LogP contribution in [0.1, 0.15) is 0 Å². The van der Waals surface area contributed by atoms with Crippen LogP contribution in [0.3, 0.4) is 0 Å². The van der Waals surface area contributed by atoms with E-state index in [-0.39, 0.29) is 9.79 Å². The van der Waals surface area contributed by atoms with Gasteiger partial charge in [-0.05, 0) is 42.5 Å². The van der Waals surface area contributed by atoms with Crippen molar-refractivity contribution in [1.82, 2.24) is 0 Å². The number of ether oxygens (including phenoxy) is 1. The third-order valence-corrected chi connectivity index (χ3v) is 7.73. The molecule has 1 heterocycles. The van der Waals surface area contributed by atoms with Gasteiger partial charge in [0, 0.05) is 13.1 Å². The molecule has 0 radical (unpaired) electrons. The molecule has 0 spiro atoms. The molecular formula is C22H23N3O5S2. The van der Waals surface area contributed by atoms with E-state index in [0.29, 0.717) is 43.4 Å². The molecule has 4 rings (SSSR count). The van der Waals surface area contributed by atoms with Crippen LogP contribution in [0.2, 0.25) is 0 Å². The monoisotopic (exact) mass is 473 g/mol. The lowest BCUT2D eigenvalue weighted by molar-refractivity contribution is 0.123. The van der Waals surface area contributed by atoms with Gasteiger partial charge in [-0.2, -0.15) is 0 Å². The molecule has 3 aromatic rings. The summed E-state index contributed by atoms with van der Waals surface area (Å²) in [5.41, 5.74) is 1.26. The van der Waals surface area contributed by atoms with E-state index in [1.165, 1.54) is 30.3 Å². The highest BCUT2D eigenvalue weighted by Crippen LogP contribution is 2.32. The molecule has 1 aliphatic heterocycles. The van der Waals surface area contributed by atoms with E-state index in [1.54, 1.807) is 48.5 Å². The third-order valence-electron chi connectivity index (χ3n) is 4.95. The molecule has 0 aromatic heterocycles. The molecule has 0 atom stereocenters. The van der Waals surface area contributed by atoms with Crippen molar-refractivity contribution in [3.05, 3.63) is 78.9 Å². The molecule has 0 saturated carbocycles. The molecule has 0 aliphatic carbocycles. The van der Waals surface area contributed by atoms with Crippen molar-refractivity contribution in [2.75, 3.05) is 40.6 Å². The number of benzene rings is 3. The van der Waals surface area contributed by atoms with E-state index in [4.69, 9.17) is 4.74 Å². The molecule has 0 bridgehead atoms. The average Bonchev–Trinajstić information content (AvgIpc) is 2.81. The van der Waals surface area contributed by atoms with Crippen LogP contribution in [0, 0.1) is 0 Å². The second-order valence-corrected chi connectivity index (χ2v) is 10.5. The summed E-state index contributed by atoms with van der Waals surface area (Å²) in [5.74, 6) is 0. The number of nitrogens with one attached hydrogen (secondary N) is 2. The fourth-order valence-electron chi connectivity index (χ4n) is 3.36. The van der Waals surface area contributed by atoms with Crippen molar-refractivity contribution < 1.29 is 21.6 Å². The van der Waals surface area contributed by atoms with Gasteiger partial charge < -0.3 is 9.64 Å². The zero-order valence-electron chi connectivity index (χ0n) is 17.1. The summed E-state index contributed by atoms with van der Waals surface area (Å²) in [4.78, 5) is 2.25. The fraction of sp³-hybridized carbons (Fsp3) is 0.182. The molecule has 168 valence electrons. The maximum atomic E-state index is 12.9. The maximum Gasteiger partial charge on any atom is 0.261 e. The minimum Gasteiger partial charge on any atom is -0.378 e. The lowest BCUT2D eigenvalue weighted by Crippen LogP contribution is -2.36. The fourth-order valence-corrected chi connectivity index (χ4v) is 5.53. The quantitative estimate of drug-likeness (QED) is 0.546. The standard InChI is InChI=1S/C22H23N3O5S2/c26-31(27,19-7-3-1-4-8-19)23-18-11-12-21(22(17-18)25-13-15-30-16-14-25)24-32(28,29)20-9-5-2-6-10-20/h1-12,17,23-24H,13-16H2. The number of sulfonamides is 2. The lowest BCUT2D eigenvalue weighted by Gasteiger charge is -2.31. The Morgan fingerprint density at radius 2 is 1.22 bits per heavy atom. The highest BCUT2D eigenvalue weighted by molar-refractivity contribution is 7.93. The van der Waals surface area contributed by atoms with E-state index in [0.717, 1.165) is 0 Å². The molecule has 3 aromatic carbocycles. The van der Waals surface area contributed by atoms with E-state index >= 15 is 0 Å². The summed E-state index contributed by atoms with van der Waals surface area (Å²) in [6.07, 6.45) is 0. The molecule has 8 nitrogen and oxygen atoms in total. The molecule has 2 N–H and O–H groups in total. The molecule has 0 unspecified atom stereocenters. The van der Waals surface area contributed by atoms with Crippen LogP contribution in [0.15, 0.2) is 88.7 Å². The Balaban J connectivity index is 1.68. The first-order valence-corrected chi connectivity index (χ1v) is 12.9. The second-order valence-electron chi connectivity index (χ2n) is 7.17. The summed E-state index contributed by atoms with van der Waals surface area (Å²) in [6, 6.07) is 20.9. The van der Waals surface area contributed by atoms with Gasteiger partial charge in [-0.25, -0.2) is 16.8 Å². The normalized spacial score (nSPS) is 14.7. The van der Waals surface area contributed by atoms with Crippen LogP contribution in [-0.2, 0) is 24.8 Å². The van der Waals surface area contributed by atoms with Gasteiger partial charge in [0.1, 0.15) is 0 Å². The smallest absolute Gasteiger partial charge is 0.261 e. The largest absolute Gasteiger partial charge is 0.378 e. The number of rotatable bonds is 7. The SMILES string of the molecule is O=S(=O)(Nc1ccc(NS(=O)(=O)c2ccccc2)c(N2CCOCC2)c1)c1ccccc1. The number of nitrogens with zero attached hydrogens (tertiary/aromatic N) is 1. The Labute approximate surface area is 187 Å². The molecule has 1 aliphatic rings. The van der Waals surface area contributed by atoms with Gasteiger partial charge in [0.25, 0.3) is 20.0 Å². The van der Waals surface area contributed by atoms with Gasteiger partial charge in [-0.3, -0.25) is 9.44 Å². The average molecular weight is 474 g/mol. The molecule has 10 heteroatoms. The first kappa shape index (κ1) is 22.1. The number of hydrogen-bond donors (Lipinski definition) is 2. The predicted molar refractivity (Wildman–Crippen MR) is 124 cm³/mol. The number of hydrogen-bond acceptors (Lipinski definition) is 6. The zero-order valence-corrected chi connectivity index (χ0v) is 18.8. The van der Waals surface area contributed by atoms with Crippen molar-refractivity contribution in [1.29, 1.82) is 0 Å². The Kier molecular flexibility index (Phi) is 6.35. The van der Waals surface area contributed by atoms with Crippen molar-refractivity contribution in [2.24, 2.45) is 0 Å². The minimum absolute atomic E-state index is 0.141. The zero-order chi connectivity index (χ0) is 22.6.